The molecule has 1 aliphatic carbocycles. The van der Waals surface area contributed by atoms with Crippen molar-refractivity contribution in [2.24, 2.45) is 4.99 Å². The minimum absolute atomic E-state index is 0. The molecule has 0 atom stereocenters. The van der Waals surface area contributed by atoms with Crippen molar-refractivity contribution in [1.29, 1.82) is 0 Å². The van der Waals surface area contributed by atoms with E-state index in [1.165, 1.54) is 25.7 Å². The fourth-order valence-electron chi connectivity index (χ4n) is 2.64. The number of benzene rings is 1. The van der Waals surface area contributed by atoms with Crippen LogP contribution in [-0.4, -0.2) is 24.2 Å². The number of hydrogen-bond acceptors (Lipinski definition) is 2. The lowest BCUT2D eigenvalue weighted by Crippen LogP contribution is -2.37. The number of allylic oxidation sites excluding steroid dienone is 1. The number of aromatic hydroxyl groups is 1. The van der Waals surface area contributed by atoms with Crippen molar-refractivity contribution in [3.8, 4) is 5.75 Å². The molecule has 128 valence electrons. The van der Waals surface area contributed by atoms with E-state index in [0.29, 0.717) is 6.54 Å². The Labute approximate surface area is 156 Å². The molecule has 0 radical (unpaired) electrons. The second-order valence-electron chi connectivity index (χ2n) is 5.65. The molecule has 0 spiro atoms. The average Bonchev–Trinajstić information content (AvgIpc) is 2.54. The summed E-state index contributed by atoms with van der Waals surface area (Å²) >= 11 is 0. The van der Waals surface area contributed by atoms with Crippen LogP contribution in [0.15, 0.2) is 40.9 Å². The molecule has 5 heteroatoms. The first-order chi connectivity index (χ1) is 10.8. The fourth-order valence-corrected chi connectivity index (χ4v) is 2.64. The van der Waals surface area contributed by atoms with Crippen LogP contribution in [0.2, 0.25) is 0 Å². The minimum Gasteiger partial charge on any atom is -0.508 e. The van der Waals surface area contributed by atoms with Crippen molar-refractivity contribution in [2.45, 2.75) is 45.6 Å². The SMILES string of the molecule is CCNC(=NCc1cccc(O)c1)NCCC1=CCCCC1.I. The maximum Gasteiger partial charge on any atom is 0.191 e. The van der Waals surface area contributed by atoms with Gasteiger partial charge in [-0.15, -0.1) is 24.0 Å². The molecule has 4 nitrogen and oxygen atoms in total. The third-order valence-electron chi connectivity index (χ3n) is 3.80. The number of hydrogen-bond donors (Lipinski definition) is 3. The number of rotatable bonds is 6. The van der Waals surface area contributed by atoms with Crippen molar-refractivity contribution in [1.82, 2.24) is 10.6 Å². The fraction of sp³-hybridized carbons (Fsp3) is 0.500. The average molecular weight is 429 g/mol. The van der Waals surface area contributed by atoms with Crippen LogP contribution >= 0.6 is 24.0 Å². The van der Waals surface area contributed by atoms with Crippen molar-refractivity contribution < 1.29 is 5.11 Å². The Kier molecular flexibility index (Phi) is 9.75. The number of aliphatic imine (C=N–C) groups is 1. The quantitative estimate of drug-likeness (QED) is 0.278. The molecule has 0 heterocycles. The highest BCUT2D eigenvalue weighted by atomic mass is 127. The summed E-state index contributed by atoms with van der Waals surface area (Å²) in [7, 11) is 0. The number of halogens is 1. The summed E-state index contributed by atoms with van der Waals surface area (Å²) in [4.78, 5) is 4.57. The van der Waals surface area contributed by atoms with Gasteiger partial charge in [0.1, 0.15) is 5.75 Å². The van der Waals surface area contributed by atoms with Gasteiger partial charge < -0.3 is 15.7 Å². The van der Waals surface area contributed by atoms with Crippen LogP contribution in [0.4, 0.5) is 0 Å². The van der Waals surface area contributed by atoms with Crippen LogP contribution in [0.25, 0.3) is 0 Å². The summed E-state index contributed by atoms with van der Waals surface area (Å²) in [5.41, 5.74) is 2.58. The first-order valence-electron chi connectivity index (χ1n) is 8.26. The molecular weight excluding hydrogens is 401 g/mol. The number of nitrogens with one attached hydrogen (secondary N) is 2. The molecule has 0 aromatic heterocycles. The maximum atomic E-state index is 9.48. The second kappa shape index (κ2) is 11.3. The predicted octanol–water partition coefficient (Wildman–Crippen LogP) is 3.96. The molecule has 1 aromatic carbocycles. The number of guanidine groups is 1. The first-order valence-corrected chi connectivity index (χ1v) is 8.26. The first kappa shape index (κ1) is 19.8. The van der Waals surface area contributed by atoms with E-state index in [1.807, 2.05) is 12.1 Å². The highest BCUT2D eigenvalue weighted by Gasteiger charge is 2.04. The summed E-state index contributed by atoms with van der Waals surface area (Å²) in [5, 5.41) is 16.1. The molecule has 0 unspecified atom stereocenters. The molecule has 23 heavy (non-hydrogen) atoms. The van der Waals surface area contributed by atoms with Crippen LogP contribution in [0.1, 0.15) is 44.6 Å². The van der Waals surface area contributed by atoms with E-state index in [0.717, 1.165) is 31.0 Å². The summed E-state index contributed by atoms with van der Waals surface area (Å²) in [6.45, 7) is 4.38. The summed E-state index contributed by atoms with van der Waals surface area (Å²) in [6.07, 6.45) is 8.64. The molecule has 0 saturated heterocycles. The van der Waals surface area contributed by atoms with Crippen LogP contribution < -0.4 is 10.6 Å². The van der Waals surface area contributed by atoms with Gasteiger partial charge in [-0.2, -0.15) is 0 Å². The summed E-state index contributed by atoms with van der Waals surface area (Å²) in [6, 6.07) is 7.24. The van der Waals surface area contributed by atoms with Gasteiger partial charge in [0, 0.05) is 13.1 Å². The van der Waals surface area contributed by atoms with E-state index in [1.54, 1.807) is 17.7 Å². The van der Waals surface area contributed by atoms with Gasteiger partial charge in [0.2, 0.25) is 0 Å². The Bertz CT molecular complexity index is 529. The Morgan fingerprint density at radius 1 is 1.26 bits per heavy atom. The van der Waals surface area contributed by atoms with Gasteiger partial charge in [0.05, 0.1) is 6.54 Å². The summed E-state index contributed by atoms with van der Waals surface area (Å²) in [5.74, 6) is 1.12. The standard InChI is InChI=1S/C18H27N3O.HI/c1-2-19-18(20-12-11-15-7-4-3-5-8-15)21-14-16-9-6-10-17(22)13-16;/h6-7,9-10,13,22H,2-5,8,11-12,14H2,1H3,(H2,19,20,21);1H. The zero-order valence-electron chi connectivity index (χ0n) is 13.8. The predicted molar refractivity (Wildman–Crippen MR) is 108 cm³/mol. The molecule has 0 aliphatic heterocycles. The second-order valence-corrected chi connectivity index (χ2v) is 5.65. The van der Waals surface area contributed by atoms with Gasteiger partial charge in [-0.25, -0.2) is 4.99 Å². The van der Waals surface area contributed by atoms with E-state index >= 15 is 0 Å². The largest absolute Gasteiger partial charge is 0.508 e. The number of phenols is 1. The van der Waals surface area contributed by atoms with E-state index in [9.17, 15) is 5.11 Å². The van der Waals surface area contributed by atoms with Gasteiger partial charge in [-0.1, -0.05) is 23.8 Å². The van der Waals surface area contributed by atoms with Crippen molar-refractivity contribution >= 4 is 29.9 Å². The Morgan fingerprint density at radius 3 is 2.83 bits per heavy atom. The minimum atomic E-state index is 0. The van der Waals surface area contributed by atoms with E-state index in [4.69, 9.17) is 0 Å². The van der Waals surface area contributed by atoms with Crippen LogP contribution in [0.5, 0.6) is 5.75 Å². The van der Waals surface area contributed by atoms with Gasteiger partial charge >= 0.3 is 0 Å². The van der Waals surface area contributed by atoms with Crippen molar-refractivity contribution in [3.63, 3.8) is 0 Å². The van der Waals surface area contributed by atoms with Gasteiger partial charge in [0.25, 0.3) is 0 Å². The lowest BCUT2D eigenvalue weighted by molar-refractivity contribution is 0.474. The molecule has 3 N–H and O–H groups in total. The van der Waals surface area contributed by atoms with Crippen molar-refractivity contribution in [3.05, 3.63) is 41.5 Å². The molecule has 2 rings (SSSR count). The topological polar surface area (TPSA) is 56.7 Å². The molecule has 0 fully saturated rings. The third-order valence-corrected chi connectivity index (χ3v) is 3.80. The number of phenolic OH excluding ortho intramolecular Hbond substituents is 1. The van der Waals surface area contributed by atoms with Crippen LogP contribution in [-0.2, 0) is 6.54 Å². The normalized spacial score (nSPS) is 14.7. The molecular formula is C18H28IN3O. The van der Waals surface area contributed by atoms with E-state index in [-0.39, 0.29) is 29.7 Å². The van der Waals surface area contributed by atoms with Crippen LogP contribution in [0, 0.1) is 0 Å². The Morgan fingerprint density at radius 2 is 2.13 bits per heavy atom. The summed E-state index contributed by atoms with van der Waals surface area (Å²) < 4.78 is 0. The highest BCUT2D eigenvalue weighted by Crippen LogP contribution is 2.19. The molecule has 0 saturated carbocycles. The zero-order valence-corrected chi connectivity index (χ0v) is 16.2. The third kappa shape index (κ3) is 7.72. The molecule has 1 aliphatic rings. The molecule has 0 amide bonds. The zero-order chi connectivity index (χ0) is 15.6. The smallest absolute Gasteiger partial charge is 0.191 e. The van der Waals surface area contributed by atoms with E-state index < -0.39 is 0 Å². The van der Waals surface area contributed by atoms with Crippen molar-refractivity contribution in [2.75, 3.05) is 13.1 Å². The lowest BCUT2D eigenvalue weighted by Gasteiger charge is -2.15. The highest BCUT2D eigenvalue weighted by molar-refractivity contribution is 14.0. The van der Waals surface area contributed by atoms with E-state index in [2.05, 4.69) is 28.6 Å². The lowest BCUT2D eigenvalue weighted by atomic mass is 9.97. The van der Waals surface area contributed by atoms with Gasteiger partial charge in [-0.05, 0) is 56.7 Å². The van der Waals surface area contributed by atoms with Gasteiger partial charge in [-0.3, -0.25) is 0 Å². The van der Waals surface area contributed by atoms with Crippen LogP contribution in [0.3, 0.4) is 0 Å². The molecule has 1 aromatic rings. The Balaban J connectivity index is 0.00000264. The Hall–Kier alpha value is -1.24. The number of nitrogens with zero attached hydrogens (tertiary/aromatic N) is 1. The maximum absolute atomic E-state index is 9.48. The monoisotopic (exact) mass is 429 g/mol. The molecule has 0 bridgehead atoms. The van der Waals surface area contributed by atoms with Gasteiger partial charge in [0.15, 0.2) is 5.96 Å².